The van der Waals surface area contributed by atoms with Crippen LogP contribution in [0.4, 0.5) is 13.2 Å². The van der Waals surface area contributed by atoms with Gasteiger partial charge >= 0.3 is 6.18 Å². The molecule has 0 radical (unpaired) electrons. The van der Waals surface area contributed by atoms with Gasteiger partial charge in [0.2, 0.25) is 5.91 Å². The van der Waals surface area contributed by atoms with E-state index in [1.807, 2.05) is 0 Å². The summed E-state index contributed by atoms with van der Waals surface area (Å²) in [5.41, 5.74) is -0.694. The van der Waals surface area contributed by atoms with E-state index in [4.69, 9.17) is 16.3 Å². The van der Waals surface area contributed by atoms with Crippen molar-refractivity contribution in [2.75, 3.05) is 13.7 Å². The van der Waals surface area contributed by atoms with E-state index in [1.54, 1.807) is 6.92 Å². The van der Waals surface area contributed by atoms with Crippen molar-refractivity contribution in [3.05, 3.63) is 40.4 Å². The van der Waals surface area contributed by atoms with Crippen LogP contribution in [0.5, 0.6) is 0 Å². The number of amides is 1. The maximum absolute atomic E-state index is 12.7. The Bertz CT molecular complexity index is 529. The lowest BCUT2D eigenvalue weighted by molar-refractivity contribution is -0.137. The van der Waals surface area contributed by atoms with Crippen molar-refractivity contribution >= 4 is 23.6 Å². The number of carbonyl (C=O) groups excluding carboxylic acids is 1. The number of ether oxygens (including phenoxy) is 1. The molecular formula is C14H15ClF3NO2. The van der Waals surface area contributed by atoms with E-state index >= 15 is 0 Å². The SMILES string of the molecule is COCC(C)NC(=O)C=Cc1ccc(Cl)c(C(F)(F)F)c1. The third-order valence-corrected chi connectivity index (χ3v) is 2.86. The summed E-state index contributed by atoms with van der Waals surface area (Å²) in [4.78, 5) is 11.5. The average Bonchev–Trinajstić information content (AvgIpc) is 2.36. The Morgan fingerprint density at radius 2 is 2.14 bits per heavy atom. The van der Waals surface area contributed by atoms with Gasteiger partial charge < -0.3 is 10.1 Å². The first-order valence-electron chi connectivity index (χ1n) is 6.08. The van der Waals surface area contributed by atoms with E-state index in [-0.39, 0.29) is 16.6 Å². The van der Waals surface area contributed by atoms with Crippen molar-refractivity contribution in [2.24, 2.45) is 0 Å². The fourth-order valence-electron chi connectivity index (χ4n) is 1.62. The summed E-state index contributed by atoms with van der Waals surface area (Å²) in [6.45, 7) is 2.10. The van der Waals surface area contributed by atoms with Crippen LogP contribution in [0.1, 0.15) is 18.1 Å². The quantitative estimate of drug-likeness (QED) is 0.843. The van der Waals surface area contributed by atoms with Gasteiger partial charge in [0.1, 0.15) is 0 Å². The van der Waals surface area contributed by atoms with Gasteiger partial charge in [0.25, 0.3) is 0 Å². The van der Waals surface area contributed by atoms with Crippen molar-refractivity contribution in [3.8, 4) is 0 Å². The maximum atomic E-state index is 12.7. The van der Waals surface area contributed by atoms with E-state index in [0.29, 0.717) is 6.61 Å². The number of benzene rings is 1. The number of hydrogen-bond acceptors (Lipinski definition) is 2. The van der Waals surface area contributed by atoms with Crippen molar-refractivity contribution in [1.29, 1.82) is 0 Å². The van der Waals surface area contributed by atoms with Crippen molar-refractivity contribution in [1.82, 2.24) is 5.32 Å². The van der Waals surface area contributed by atoms with E-state index in [2.05, 4.69) is 5.32 Å². The number of hydrogen-bond donors (Lipinski definition) is 1. The Morgan fingerprint density at radius 1 is 1.48 bits per heavy atom. The minimum absolute atomic E-state index is 0.192. The normalized spacial score (nSPS) is 13.4. The molecule has 0 aliphatic rings. The van der Waals surface area contributed by atoms with Crippen LogP contribution in [0.25, 0.3) is 6.08 Å². The van der Waals surface area contributed by atoms with Crippen LogP contribution in [0.15, 0.2) is 24.3 Å². The monoisotopic (exact) mass is 321 g/mol. The first kappa shape index (κ1) is 17.5. The highest BCUT2D eigenvalue weighted by Crippen LogP contribution is 2.35. The number of nitrogens with one attached hydrogen (secondary N) is 1. The zero-order chi connectivity index (χ0) is 16.0. The van der Waals surface area contributed by atoms with Gasteiger partial charge in [-0.05, 0) is 30.7 Å². The van der Waals surface area contributed by atoms with Crippen LogP contribution in [0, 0.1) is 0 Å². The van der Waals surface area contributed by atoms with Crippen LogP contribution in [-0.4, -0.2) is 25.7 Å². The predicted octanol–water partition coefficient (Wildman–Crippen LogP) is 3.52. The molecule has 1 amide bonds. The van der Waals surface area contributed by atoms with Gasteiger partial charge in [-0.25, -0.2) is 0 Å². The van der Waals surface area contributed by atoms with Crippen LogP contribution in [0.3, 0.4) is 0 Å². The highest BCUT2D eigenvalue weighted by atomic mass is 35.5. The molecule has 1 atom stereocenters. The van der Waals surface area contributed by atoms with Gasteiger partial charge in [0.05, 0.1) is 17.2 Å². The molecule has 0 fully saturated rings. The molecule has 0 aromatic heterocycles. The van der Waals surface area contributed by atoms with Gasteiger partial charge in [-0.2, -0.15) is 13.2 Å². The molecule has 0 saturated carbocycles. The summed E-state index contributed by atoms with van der Waals surface area (Å²) >= 11 is 5.51. The van der Waals surface area contributed by atoms with E-state index < -0.39 is 17.6 Å². The number of rotatable bonds is 5. The Labute approximate surface area is 125 Å². The zero-order valence-corrected chi connectivity index (χ0v) is 12.3. The smallest absolute Gasteiger partial charge is 0.383 e. The van der Waals surface area contributed by atoms with Gasteiger partial charge in [0.15, 0.2) is 0 Å². The number of alkyl halides is 3. The number of methoxy groups -OCH3 is 1. The molecule has 1 aromatic carbocycles. The van der Waals surface area contributed by atoms with Gasteiger partial charge in [-0.3, -0.25) is 4.79 Å². The van der Waals surface area contributed by atoms with Crippen LogP contribution < -0.4 is 5.32 Å². The molecule has 1 rings (SSSR count). The lowest BCUT2D eigenvalue weighted by Gasteiger charge is -2.11. The summed E-state index contributed by atoms with van der Waals surface area (Å²) in [5.74, 6) is -0.414. The first-order chi connectivity index (χ1) is 9.74. The molecule has 0 aliphatic carbocycles. The van der Waals surface area contributed by atoms with E-state index in [0.717, 1.165) is 18.2 Å². The lowest BCUT2D eigenvalue weighted by atomic mass is 10.1. The van der Waals surface area contributed by atoms with Gasteiger partial charge in [-0.15, -0.1) is 0 Å². The summed E-state index contributed by atoms with van der Waals surface area (Å²) in [5, 5.41) is 2.23. The fraction of sp³-hybridized carbons (Fsp3) is 0.357. The molecule has 1 aromatic rings. The molecule has 0 spiro atoms. The fourth-order valence-corrected chi connectivity index (χ4v) is 1.84. The highest BCUT2D eigenvalue weighted by molar-refractivity contribution is 6.31. The topological polar surface area (TPSA) is 38.3 Å². The average molecular weight is 322 g/mol. The van der Waals surface area contributed by atoms with Crippen LogP contribution in [0.2, 0.25) is 5.02 Å². The minimum atomic E-state index is -4.53. The third kappa shape index (κ3) is 5.77. The summed E-state index contributed by atoms with van der Waals surface area (Å²) in [6, 6.07) is 3.25. The molecule has 1 N–H and O–H groups in total. The molecular weight excluding hydrogens is 307 g/mol. The molecule has 0 heterocycles. The molecule has 0 aliphatic heterocycles. The Balaban J connectivity index is 2.79. The number of carbonyl (C=O) groups is 1. The van der Waals surface area contributed by atoms with Crippen molar-refractivity contribution < 1.29 is 22.7 Å². The van der Waals surface area contributed by atoms with Crippen LogP contribution >= 0.6 is 11.6 Å². The molecule has 3 nitrogen and oxygen atoms in total. The first-order valence-corrected chi connectivity index (χ1v) is 6.46. The van der Waals surface area contributed by atoms with Crippen LogP contribution in [-0.2, 0) is 15.7 Å². The molecule has 0 bridgehead atoms. The van der Waals surface area contributed by atoms with Gasteiger partial charge in [0, 0.05) is 19.2 Å². The van der Waals surface area contributed by atoms with E-state index in [9.17, 15) is 18.0 Å². The second-order valence-electron chi connectivity index (χ2n) is 4.44. The molecule has 1 unspecified atom stereocenters. The second kappa shape index (κ2) is 7.47. The van der Waals surface area contributed by atoms with Gasteiger partial charge in [-0.1, -0.05) is 17.7 Å². The van der Waals surface area contributed by atoms with Crippen molar-refractivity contribution in [2.45, 2.75) is 19.1 Å². The largest absolute Gasteiger partial charge is 0.417 e. The van der Waals surface area contributed by atoms with E-state index in [1.165, 1.54) is 19.3 Å². The molecule has 7 heteroatoms. The molecule has 0 saturated heterocycles. The predicted molar refractivity (Wildman–Crippen MR) is 75.0 cm³/mol. The molecule has 21 heavy (non-hydrogen) atoms. The number of halogens is 4. The Kier molecular flexibility index (Phi) is 6.23. The lowest BCUT2D eigenvalue weighted by Crippen LogP contribution is -2.34. The standard InChI is InChI=1S/C14H15ClF3NO2/c1-9(8-21-2)19-13(20)6-4-10-3-5-12(15)11(7-10)14(16,17)18/h3-7,9H,8H2,1-2H3,(H,19,20). The summed E-state index contributed by atoms with van der Waals surface area (Å²) in [6.07, 6.45) is -2.08. The third-order valence-electron chi connectivity index (χ3n) is 2.53. The molecule has 116 valence electrons. The second-order valence-corrected chi connectivity index (χ2v) is 4.84. The summed E-state index contributed by atoms with van der Waals surface area (Å²) < 4.78 is 42.9. The highest BCUT2D eigenvalue weighted by Gasteiger charge is 2.33. The van der Waals surface area contributed by atoms with Crippen molar-refractivity contribution in [3.63, 3.8) is 0 Å². The zero-order valence-electron chi connectivity index (χ0n) is 11.5. The Hall–Kier alpha value is -1.53. The Morgan fingerprint density at radius 3 is 2.71 bits per heavy atom. The minimum Gasteiger partial charge on any atom is -0.383 e. The summed E-state index contributed by atoms with van der Waals surface area (Å²) in [7, 11) is 1.50. The maximum Gasteiger partial charge on any atom is 0.417 e.